The van der Waals surface area contributed by atoms with Crippen LogP contribution < -0.4 is 5.73 Å². The molecule has 0 atom stereocenters. The summed E-state index contributed by atoms with van der Waals surface area (Å²) in [6.07, 6.45) is 1.64. The molecule has 0 aliphatic rings. The second-order valence-electron chi connectivity index (χ2n) is 3.59. The molecule has 2 heterocycles. The van der Waals surface area contributed by atoms with Crippen LogP contribution in [-0.2, 0) is 0 Å². The molecule has 0 saturated carbocycles. The second kappa shape index (κ2) is 2.94. The third kappa shape index (κ3) is 1.21. The Labute approximate surface area is 83.0 Å². The molecule has 3 heteroatoms. The molecule has 72 valence electrons. The number of nitrogen functional groups attached to an aromatic ring is 1. The van der Waals surface area contributed by atoms with E-state index >= 15 is 0 Å². The van der Waals surface area contributed by atoms with E-state index in [0.717, 1.165) is 16.7 Å². The molecule has 2 rings (SSSR count). The normalized spacial score (nSPS) is 10.8. The summed E-state index contributed by atoms with van der Waals surface area (Å²) in [5.41, 5.74) is 10.6. The van der Waals surface area contributed by atoms with E-state index in [4.69, 9.17) is 5.73 Å². The Morgan fingerprint density at radius 2 is 1.86 bits per heavy atom. The second-order valence-corrected chi connectivity index (χ2v) is 3.59. The predicted molar refractivity (Wildman–Crippen MR) is 58.2 cm³/mol. The maximum atomic E-state index is 5.69. The van der Waals surface area contributed by atoms with Crippen LogP contribution in [0.25, 0.3) is 11.0 Å². The minimum atomic E-state index is 0.686. The Balaban J connectivity index is 2.92. The van der Waals surface area contributed by atoms with E-state index in [1.807, 2.05) is 13.0 Å². The molecular formula is C11H13N3. The number of aromatic nitrogens is 2. The van der Waals surface area contributed by atoms with E-state index in [9.17, 15) is 0 Å². The van der Waals surface area contributed by atoms with Gasteiger partial charge in [0.1, 0.15) is 0 Å². The van der Waals surface area contributed by atoms with Crippen molar-refractivity contribution < 1.29 is 0 Å². The van der Waals surface area contributed by atoms with Crippen molar-refractivity contribution in [1.29, 1.82) is 0 Å². The van der Waals surface area contributed by atoms with Crippen molar-refractivity contribution in [3.63, 3.8) is 0 Å². The molecule has 0 aromatic carbocycles. The van der Waals surface area contributed by atoms with Crippen molar-refractivity contribution in [2.24, 2.45) is 0 Å². The van der Waals surface area contributed by atoms with Gasteiger partial charge in [0.25, 0.3) is 0 Å². The van der Waals surface area contributed by atoms with Crippen molar-refractivity contribution in [2.45, 2.75) is 20.8 Å². The lowest BCUT2D eigenvalue weighted by molar-refractivity contribution is 1.14. The summed E-state index contributed by atoms with van der Waals surface area (Å²) in [7, 11) is 0. The van der Waals surface area contributed by atoms with Crippen molar-refractivity contribution in [1.82, 2.24) is 9.97 Å². The summed E-state index contributed by atoms with van der Waals surface area (Å²) < 4.78 is 0. The Kier molecular flexibility index (Phi) is 1.88. The smallest absolute Gasteiger partial charge is 0.159 e. The van der Waals surface area contributed by atoms with Gasteiger partial charge in [-0.2, -0.15) is 0 Å². The average Bonchev–Trinajstić information content (AvgIpc) is 2.16. The van der Waals surface area contributed by atoms with E-state index in [1.54, 1.807) is 6.20 Å². The van der Waals surface area contributed by atoms with E-state index in [-0.39, 0.29) is 0 Å². The highest BCUT2D eigenvalue weighted by molar-refractivity contribution is 5.82. The van der Waals surface area contributed by atoms with Gasteiger partial charge < -0.3 is 5.73 Å². The summed E-state index contributed by atoms with van der Waals surface area (Å²) in [6, 6.07) is 1.93. The molecule has 0 bridgehead atoms. The highest BCUT2D eigenvalue weighted by atomic mass is 14.9. The van der Waals surface area contributed by atoms with Crippen LogP contribution in [0.1, 0.15) is 16.8 Å². The first kappa shape index (κ1) is 8.94. The fraction of sp³-hybridized carbons (Fsp3) is 0.273. The molecule has 0 fully saturated rings. The summed E-state index contributed by atoms with van der Waals surface area (Å²) in [4.78, 5) is 8.62. The van der Waals surface area contributed by atoms with Crippen LogP contribution in [0.2, 0.25) is 0 Å². The molecule has 14 heavy (non-hydrogen) atoms. The van der Waals surface area contributed by atoms with Gasteiger partial charge in [0.15, 0.2) is 5.65 Å². The monoisotopic (exact) mass is 187 g/mol. The van der Waals surface area contributed by atoms with E-state index in [1.165, 1.54) is 11.1 Å². The van der Waals surface area contributed by atoms with Gasteiger partial charge in [-0.15, -0.1) is 0 Å². The Morgan fingerprint density at radius 1 is 1.14 bits per heavy atom. The van der Waals surface area contributed by atoms with Gasteiger partial charge in [0.05, 0.1) is 11.9 Å². The molecule has 0 amide bonds. The lowest BCUT2D eigenvalue weighted by Crippen LogP contribution is -1.96. The predicted octanol–water partition coefficient (Wildman–Crippen LogP) is 2.14. The number of fused-ring (bicyclic) bond motifs is 1. The van der Waals surface area contributed by atoms with Gasteiger partial charge in [0, 0.05) is 11.1 Å². The molecule has 2 aromatic heterocycles. The standard InChI is InChI=1S/C11H13N3/c1-6-7(2)10-4-9(12)5-13-11(10)14-8(6)3/h4-5H,12H2,1-3H3. The third-order valence-electron chi connectivity index (χ3n) is 2.67. The first-order valence-corrected chi connectivity index (χ1v) is 4.58. The number of aryl methyl sites for hydroxylation is 2. The van der Waals surface area contributed by atoms with Gasteiger partial charge in [-0.1, -0.05) is 0 Å². The zero-order valence-corrected chi connectivity index (χ0v) is 8.63. The minimum absolute atomic E-state index is 0.686. The first-order valence-electron chi connectivity index (χ1n) is 4.58. The number of nitrogens with zero attached hydrogens (tertiary/aromatic N) is 2. The zero-order valence-electron chi connectivity index (χ0n) is 8.63. The number of hydrogen-bond donors (Lipinski definition) is 1. The van der Waals surface area contributed by atoms with Crippen molar-refractivity contribution in [3.8, 4) is 0 Å². The van der Waals surface area contributed by atoms with Crippen LogP contribution >= 0.6 is 0 Å². The molecule has 0 aliphatic heterocycles. The summed E-state index contributed by atoms with van der Waals surface area (Å²) in [6.45, 7) is 6.15. The van der Waals surface area contributed by atoms with Gasteiger partial charge in [-0.25, -0.2) is 9.97 Å². The Morgan fingerprint density at radius 3 is 2.57 bits per heavy atom. The van der Waals surface area contributed by atoms with Crippen molar-refractivity contribution in [3.05, 3.63) is 29.1 Å². The lowest BCUT2D eigenvalue weighted by atomic mass is 10.1. The Bertz CT molecular complexity index is 503. The largest absolute Gasteiger partial charge is 0.397 e. The van der Waals surface area contributed by atoms with Crippen molar-refractivity contribution in [2.75, 3.05) is 5.73 Å². The van der Waals surface area contributed by atoms with Crippen LogP contribution in [0.5, 0.6) is 0 Å². The van der Waals surface area contributed by atoms with Crippen LogP contribution in [0.4, 0.5) is 5.69 Å². The van der Waals surface area contributed by atoms with Crippen LogP contribution in [0.15, 0.2) is 12.3 Å². The van der Waals surface area contributed by atoms with Gasteiger partial charge >= 0.3 is 0 Å². The molecule has 0 saturated heterocycles. The molecule has 2 aromatic rings. The van der Waals surface area contributed by atoms with Gasteiger partial charge in [-0.3, -0.25) is 0 Å². The summed E-state index contributed by atoms with van der Waals surface area (Å²) in [5, 5.41) is 1.05. The summed E-state index contributed by atoms with van der Waals surface area (Å²) >= 11 is 0. The Hall–Kier alpha value is -1.64. The van der Waals surface area contributed by atoms with Crippen LogP contribution in [0.3, 0.4) is 0 Å². The van der Waals surface area contributed by atoms with Crippen molar-refractivity contribution >= 4 is 16.7 Å². The SMILES string of the molecule is Cc1nc2ncc(N)cc2c(C)c1C. The first-order chi connectivity index (χ1) is 6.59. The number of rotatable bonds is 0. The number of anilines is 1. The fourth-order valence-corrected chi connectivity index (χ4v) is 1.55. The number of nitrogens with two attached hydrogens (primary N) is 1. The maximum Gasteiger partial charge on any atom is 0.159 e. The topological polar surface area (TPSA) is 51.8 Å². The highest BCUT2D eigenvalue weighted by Gasteiger charge is 2.06. The number of pyridine rings is 2. The molecule has 3 nitrogen and oxygen atoms in total. The molecule has 0 aliphatic carbocycles. The number of hydrogen-bond acceptors (Lipinski definition) is 3. The molecule has 0 spiro atoms. The minimum Gasteiger partial charge on any atom is -0.397 e. The van der Waals surface area contributed by atoms with E-state index in [2.05, 4.69) is 23.8 Å². The lowest BCUT2D eigenvalue weighted by Gasteiger charge is -2.07. The van der Waals surface area contributed by atoms with Gasteiger partial charge in [0.2, 0.25) is 0 Å². The molecule has 2 N–H and O–H groups in total. The third-order valence-corrected chi connectivity index (χ3v) is 2.67. The quantitative estimate of drug-likeness (QED) is 0.687. The van der Waals surface area contributed by atoms with Crippen LogP contribution in [-0.4, -0.2) is 9.97 Å². The van der Waals surface area contributed by atoms with E-state index in [0.29, 0.717) is 5.69 Å². The van der Waals surface area contributed by atoms with Gasteiger partial charge in [-0.05, 0) is 38.0 Å². The summed E-state index contributed by atoms with van der Waals surface area (Å²) in [5.74, 6) is 0. The average molecular weight is 187 g/mol. The highest BCUT2D eigenvalue weighted by Crippen LogP contribution is 2.21. The zero-order chi connectivity index (χ0) is 10.3. The molecule has 0 radical (unpaired) electrons. The molecular weight excluding hydrogens is 174 g/mol. The van der Waals surface area contributed by atoms with Crippen LogP contribution in [0, 0.1) is 20.8 Å². The van der Waals surface area contributed by atoms with E-state index < -0.39 is 0 Å². The maximum absolute atomic E-state index is 5.69. The molecule has 0 unspecified atom stereocenters. The fourth-order valence-electron chi connectivity index (χ4n) is 1.55.